The van der Waals surface area contributed by atoms with Gasteiger partial charge in [-0.15, -0.1) is 0 Å². The minimum atomic E-state index is 0.841. The molecule has 104 valence electrons. The van der Waals surface area contributed by atoms with E-state index in [1.807, 2.05) is 0 Å². The van der Waals surface area contributed by atoms with Crippen LogP contribution in [0.4, 0.5) is 0 Å². The molecule has 1 aromatic rings. The third-order valence-corrected chi connectivity index (χ3v) is 3.05. The predicted octanol–water partition coefficient (Wildman–Crippen LogP) is 6.25. The van der Waals surface area contributed by atoms with Crippen molar-refractivity contribution in [2.45, 2.75) is 72.6 Å². The Hall–Kier alpha value is -0.780. The summed E-state index contributed by atoms with van der Waals surface area (Å²) >= 11 is 0. The van der Waals surface area contributed by atoms with Gasteiger partial charge in [0, 0.05) is 0 Å². The molecule has 0 atom stereocenters. The van der Waals surface area contributed by atoms with Crippen molar-refractivity contribution in [2.24, 2.45) is 5.92 Å². The first-order chi connectivity index (χ1) is 8.70. The van der Waals surface area contributed by atoms with E-state index in [-0.39, 0.29) is 0 Å². The van der Waals surface area contributed by atoms with Crippen LogP contribution in [0.25, 0.3) is 0 Å². The Morgan fingerprint density at radius 2 is 1.39 bits per heavy atom. The molecule has 0 radical (unpaired) electrons. The quantitative estimate of drug-likeness (QED) is 0.500. The van der Waals surface area contributed by atoms with Crippen LogP contribution in [-0.2, 0) is 6.42 Å². The van der Waals surface area contributed by atoms with Crippen LogP contribution >= 0.6 is 0 Å². The third-order valence-electron chi connectivity index (χ3n) is 3.05. The molecule has 0 spiro atoms. The van der Waals surface area contributed by atoms with Gasteiger partial charge in [-0.2, -0.15) is 0 Å². The fraction of sp³-hybridized carbons (Fsp3) is 0.667. The lowest BCUT2D eigenvalue weighted by Gasteiger charge is -2.03. The lowest BCUT2D eigenvalue weighted by atomic mass is 10.0. The molecule has 0 heterocycles. The summed E-state index contributed by atoms with van der Waals surface area (Å²) in [5.41, 5.74) is 1.47. The maximum atomic E-state index is 2.28. The highest BCUT2D eigenvalue weighted by molar-refractivity contribution is 5.14. The van der Waals surface area contributed by atoms with Crippen LogP contribution in [-0.4, -0.2) is 0 Å². The van der Waals surface area contributed by atoms with Crippen molar-refractivity contribution in [3.05, 3.63) is 35.9 Å². The maximum Gasteiger partial charge on any atom is -0.0279 e. The Morgan fingerprint density at radius 1 is 0.833 bits per heavy atom. The first-order valence-electron chi connectivity index (χ1n) is 7.74. The van der Waals surface area contributed by atoms with Crippen molar-refractivity contribution >= 4 is 0 Å². The van der Waals surface area contributed by atoms with E-state index in [2.05, 4.69) is 58.0 Å². The van der Waals surface area contributed by atoms with Crippen LogP contribution in [0.1, 0.15) is 71.8 Å². The van der Waals surface area contributed by atoms with Crippen molar-refractivity contribution in [2.75, 3.05) is 0 Å². The Balaban J connectivity index is 0.000000411. The van der Waals surface area contributed by atoms with Crippen molar-refractivity contribution in [3.8, 4) is 0 Å². The van der Waals surface area contributed by atoms with Crippen LogP contribution in [0.2, 0.25) is 0 Å². The standard InChI is InChI=1S/C12H18.C6H14/c1-11(2)7-6-10-12-8-4-3-5-9-12;1-3-5-6-4-2/h3-5,8-9,11H,6-7,10H2,1-2H3;3-6H2,1-2H3. The maximum absolute atomic E-state index is 2.28. The van der Waals surface area contributed by atoms with Crippen LogP contribution < -0.4 is 0 Å². The Labute approximate surface area is 115 Å². The van der Waals surface area contributed by atoms with Gasteiger partial charge in [-0.05, 0) is 24.3 Å². The number of unbranched alkanes of at least 4 members (excludes halogenated alkanes) is 3. The molecule has 0 fully saturated rings. The Bertz CT molecular complexity index is 244. The van der Waals surface area contributed by atoms with Crippen molar-refractivity contribution in [1.29, 1.82) is 0 Å². The fourth-order valence-electron chi connectivity index (χ4n) is 1.86. The summed E-state index contributed by atoms with van der Waals surface area (Å²) in [6, 6.07) is 10.7. The zero-order valence-corrected chi connectivity index (χ0v) is 12.9. The molecule has 0 saturated heterocycles. The summed E-state index contributed by atoms with van der Waals surface area (Å²) < 4.78 is 0. The van der Waals surface area contributed by atoms with E-state index in [0.29, 0.717) is 0 Å². The van der Waals surface area contributed by atoms with E-state index in [0.717, 1.165) is 5.92 Å². The molecule has 0 aromatic heterocycles. The van der Waals surface area contributed by atoms with Crippen LogP contribution in [0.5, 0.6) is 0 Å². The number of benzene rings is 1. The number of rotatable bonds is 7. The van der Waals surface area contributed by atoms with Crippen LogP contribution in [0.15, 0.2) is 30.3 Å². The number of aryl methyl sites for hydroxylation is 1. The second kappa shape index (κ2) is 12.7. The molecule has 0 nitrogen and oxygen atoms in total. The fourth-order valence-corrected chi connectivity index (χ4v) is 1.86. The minimum absolute atomic E-state index is 0.841. The summed E-state index contributed by atoms with van der Waals surface area (Å²) in [7, 11) is 0. The van der Waals surface area contributed by atoms with Gasteiger partial charge in [0.2, 0.25) is 0 Å². The average Bonchev–Trinajstić information content (AvgIpc) is 2.38. The van der Waals surface area contributed by atoms with E-state index in [1.165, 1.54) is 50.5 Å². The molecule has 0 aliphatic carbocycles. The van der Waals surface area contributed by atoms with Gasteiger partial charge in [0.05, 0.1) is 0 Å². The largest absolute Gasteiger partial charge is 0.0654 e. The van der Waals surface area contributed by atoms with Gasteiger partial charge in [0.1, 0.15) is 0 Å². The highest BCUT2D eigenvalue weighted by Gasteiger charge is 1.94. The SMILES string of the molecule is CC(C)CCCc1ccccc1.CCCCCC. The molecule has 1 rings (SSSR count). The Morgan fingerprint density at radius 3 is 1.83 bits per heavy atom. The normalized spacial score (nSPS) is 10.1. The zero-order chi connectivity index (χ0) is 13.6. The molecule has 0 heteroatoms. The molecule has 18 heavy (non-hydrogen) atoms. The average molecular weight is 248 g/mol. The first kappa shape index (κ1) is 17.2. The van der Waals surface area contributed by atoms with Crippen LogP contribution in [0.3, 0.4) is 0 Å². The highest BCUT2D eigenvalue weighted by atomic mass is 14.0. The zero-order valence-electron chi connectivity index (χ0n) is 12.9. The lowest BCUT2D eigenvalue weighted by Crippen LogP contribution is -1.90. The molecule has 0 aliphatic heterocycles. The van der Waals surface area contributed by atoms with E-state index < -0.39 is 0 Å². The second-order valence-electron chi connectivity index (χ2n) is 5.48. The third kappa shape index (κ3) is 11.7. The van der Waals surface area contributed by atoms with Gasteiger partial charge in [-0.1, -0.05) is 90.1 Å². The van der Waals surface area contributed by atoms with Crippen molar-refractivity contribution < 1.29 is 0 Å². The lowest BCUT2D eigenvalue weighted by molar-refractivity contribution is 0.556. The second-order valence-corrected chi connectivity index (χ2v) is 5.48. The summed E-state index contributed by atoms with van der Waals surface area (Å²) in [5, 5.41) is 0. The van der Waals surface area contributed by atoms with Crippen molar-refractivity contribution in [1.82, 2.24) is 0 Å². The van der Waals surface area contributed by atoms with Gasteiger partial charge in [-0.25, -0.2) is 0 Å². The van der Waals surface area contributed by atoms with Gasteiger partial charge in [0.25, 0.3) is 0 Å². The molecule has 0 bridgehead atoms. The molecule has 0 N–H and O–H groups in total. The molecular weight excluding hydrogens is 216 g/mol. The summed E-state index contributed by atoms with van der Waals surface area (Å²) in [6.45, 7) is 9.03. The first-order valence-corrected chi connectivity index (χ1v) is 7.74. The molecule has 0 aliphatic rings. The van der Waals surface area contributed by atoms with Gasteiger partial charge in [-0.3, -0.25) is 0 Å². The van der Waals surface area contributed by atoms with E-state index in [4.69, 9.17) is 0 Å². The smallest absolute Gasteiger partial charge is 0.0279 e. The predicted molar refractivity (Wildman–Crippen MR) is 84.0 cm³/mol. The Kier molecular flexibility index (Phi) is 12.1. The molecule has 0 unspecified atom stereocenters. The minimum Gasteiger partial charge on any atom is -0.0654 e. The number of hydrogen-bond donors (Lipinski definition) is 0. The summed E-state index contributed by atoms with van der Waals surface area (Å²) in [5.74, 6) is 0.841. The van der Waals surface area contributed by atoms with Gasteiger partial charge in [0.15, 0.2) is 0 Å². The highest BCUT2D eigenvalue weighted by Crippen LogP contribution is 2.09. The van der Waals surface area contributed by atoms with E-state index in [9.17, 15) is 0 Å². The summed E-state index contributed by atoms with van der Waals surface area (Å²) in [4.78, 5) is 0. The molecule has 0 amide bonds. The molecule has 0 saturated carbocycles. The molecular formula is C18H32. The van der Waals surface area contributed by atoms with E-state index >= 15 is 0 Å². The monoisotopic (exact) mass is 248 g/mol. The van der Waals surface area contributed by atoms with Gasteiger partial charge < -0.3 is 0 Å². The topological polar surface area (TPSA) is 0 Å². The van der Waals surface area contributed by atoms with Gasteiger partial charge >= 0.3 is 0 Å². The summed E-state index contributed by atoms with van der Waals surface area (Å²) in [6.07, 6.45) is 9.43. The van der Waals surface area contributed by atoms with Crippen LogP contribution in [0, 0.1) is 5.92 Å². The van der Waals surface area contributed by atoms with E-state index in [1.54, 1.807) is 0 Å². The van der Waals surface area contributed by atoms with Crippen molar-refractivity contribution in [3.63, 3.8) is 0 Å². The molecule has 1 aromatic carbocycles. The number of hydrogen-bond acceptors (Lipinski definition) is 0.